The van der Waals surface area contributed by atoms with E-state index in [9.17, 15) is 39.5 Å². The van der Waals surface area contributed by atoms with Crippen LogP contribution in [0.3, 0.4) is 0 Å². The first-order valence-electron chi connectivity index (χ1n) is 3.80. The van der Waals surface area contributed by atoms with Crippen LogP contribution >= 0.6 is 0 Å². The summed E-state index contributed by atoms with van der Waals surface area (Å²) in [6, 6.07) is 0. The first kappa shape index (κ1) is 14.0. The molecule has 0 aromatic heterocycles. The van der Waals surface area contributed by atoms with Crippen molar-refractivity contribution in [2.24, 2.45) is 0 Å². The molecule has 0 saturated heterocycles. The van der Waals surface area contributed by atoms with Crippen molar-refractivity contribution in [1.82, 2.24) is 0 Å². The van der Waals surface area contributed by atoms with Crippen molar-refractivity contribution in [3.8, 4) is 0 Å². The highest BCUT2D eigenvalue weighted by atomic mass is 19.4. The van der Waals surface area contributed by atoms with Gasteiger partial charge in [-0.2, -0.15) is 39.5 Å². The molecule has 10 heteroatoms. The molecular weight excluding hydrogens is 271 g/mol. The zero-order chi connectivity index (χ0) is 13.9. The van der Waals surface area contributed by atoms with Crippen LogP contribution in [0.25, 0.3) is 0 Å². The topological polar surface area (TPSA) is 9.23 Å². The van der Waals surface area contributed by atoms with Gasteiger partial charge in [-0.3, -0.25) is 0 Å². The molecule has 0 heterocycles. The maximum absolute atomic E-state index is 13.1. The Balaban J connectivity index is 3.58. The third-order valence-electron chi connectivity index (χ3n) is 2.24. The Labute approximate surface area is 87.8 Å². The largest absolute Gasteiger partial charge is 0.456 e. The Kier molecular flexibility index (Phi) is 2.48. The van der Waals surface area contributed by atoms with E-state index in [4.69, 9.17) is 0 Å². The summed E-state index contributed by atoms with van der Waals surface area (Å²) >= 11 is 0. The van der Waals surface area contributed by atoms with Gasteiger partial charge in [-0.05, 0) is 0 Å². The molecule has 1 fully saturated rings. The van der Waals surface area contributed by atoms with Crippen LogP contribution < -0.4 is 0 Å². The predicted octanol–water partition coefficient (Wildman–Crippen LogP) is 3.37. The minimum atomic E-state index is -6.61. The lowest BCUT2D eigenvalue weighted by Crippen LogP contribution is -2.55. The summed E-state index contributed by atoms with van der Waals surface area (Å²) in [4.78, 5) is 0. The average molecular weight is 274 g/mol. The lowest BCUT2D eigenvalue weighted by Gasteiger charge is -2.29. The summed E-state index contributed by atoms with van der Waals surface area (Å²) in [5.41, 5.74) is 0. The van der Waals surface area contributed by atoms with Crippen LogP contribution in [0.2, 0.25) is 0 Å². The molecule has 1 aliphatic carbocycles. The second-order valence-electron chi connectivity index (χ2n) is 3.18. The highest BCUT2D eigenvalue weighted by Gasteiger charge is 3.02. The van der Waals surface area contributed by atoms with Gasteiger partial charge in [0.25, 0.3) is 0 Å². The fraction of sp³-hybridized carbons (Fsp3) is 0.714. The molecule has 1 saturated carbocycles. The van der Waals surface area contributed by atoms with E-state index >= 15 is 0 Å². The van der Waals surface area contributed by atoms with Gasteiger partial charge in [0.2, 0.25) is 0 Å². The van der Waals surface area contributed by atoms with Gasteiger partial charge in [0.05, 0.1) is 6.26 Å². The molecule has 0 bridgehead atoms. The first-order valence-corrected chi connectivity index (χ1v) is 3.80. The molecule has 17 heavy (non-hydrogen) atoms. The molecule has 1 nitrogen and oxygen atoms in total. The van der Waals surface area contributed by atoms with E-state index in [1.807, 2.05) is 0 Å². The minimum absolute atomic E-state index is 0.390. The number of rotatable bonds is 2. The molecule has 100 valence electrons. The number of hydrogen-bond donors (Lipinski definition) is 0. The van der Waals surface area contributed by atoms with Gasteiger partial charge in [0.15, 0.2) is 0 Å². The third-order valence-corrected chi connectivity index (χ3v) is 2.24. The van der Waals surface area contributed by atoms with Gasteiger partial charge in [0.1, 0.15) is 0 Å². The van der Waals surface area contributed by atoms with E-state index in [-0.39, 0.29) is 6.26 Å². The highest BCUT2D eigenvalue weighted by Crippen LogP contribution is 2.69. The fourth-order valence-electron chi connectivity index (χ4n) is 1.26. The molecule has 0 atom stereocenters. The summed E-state index contributed by atoms with van der Waals surface area (Å²) in [6.07, 6.45) is -0.390. The van der Waals surface area contributed by atoms with Gasteiger partial charge in [-0.1, -0.05) is 6.58 Å². The summed E-state index contributed by atoms with van der Waals surface area (Å²) in [5, 5.41) is 0. The summed E-state index contributed by atoms with van der Waals surface area (Å²) in [6.45, 7) is 2.38. The van der Waals surface area contributed by atoms with E-state index < -0.39 is 29.5 Å². The van der Waals surface area contributed by atoms with Crippen LogP contribution in [-0.4, -0.2) is 29.5 Å². The second kappa shape index (κ2) is 3.02. The van der Waals surface area contributed by atoms with Crippen LogP contribution in [0, 0.1) is 0 Å². The third kappa shape index (κ3) is 1.08. The molecule has 1 aliphatic rings. The van der Waals surface area contributed by atoms with Gasteiger partial charge < -0.3 is 4.74 Å². The Morgan fingerprint density at radius 2 is 0.941 bits per heavy atom. The zero-order valence-electron chi connectivity index (χ0n) is 7.59. The van der Waals surface area contributed by atoms with Crippen LogP contribution in [0.15, 0.2) is 12.8 Å². The fourth-order valence-corrected chi connectivity index (χ4v) is 1.26. The molecular formula is C7H3F9O. The number of alkyl halides is 9. The van der Waals surface area contributed by atoms with Crippen molar-refractivity contribution >= 4 is 0 Å². The van der Waals surface area contributed by atoms with Crippen LogP contribution in [0.4, 0.5) is 39.5 Å². The highest BCUT2D eigenvalue weighted by molar-refractivity contribution is 5.23. The Morgan fingerprint density at radius 3 is 1.18 bits per heavy atom. The first-order chi connectivity index (χ1) is 7.31. The molecule has 1 rings (SSSR count). The SMILES string of the molecule is C=COC1(F)C(F)(F)C(F)(F)C(F)(F)C1(F)F. The lowest BCUT2D eigenvalue weighted by molar-refractivity contribution is -0.339. The number of hydrogen-bond acceptors (Lipinski definition) is 1. The summed E-state index contributed by atoms with van der Waals surface area (Å²) < 4.78 is 117. The van der Waals surface area contributed by atoms with Crippen LogP contribution in [0.1, 0.15) is 0 Å². The lowest BCUT2D eigenvalue weighted by atomic mass is 10.1. The monoisotopic (exact) mass is 274 g/mol. The normalized spacial score (nSPS) is 30.9. The molecule has 0 amide bonds. The molecule has 0 aliphatic heterocycles. The van der Waals surface area contributed by atoms with E-state index in [2.05, 4.69) is 11.3 Å². The molecule has 0 radical (unpaired) electrons. The molecule has 0 aromatic carbocycles. The molecule has 0 N–H and O–H groups in total. The van der Waals surface area contributed by atoms with Gasteiger partial charge in [-0.15, -0.1) is 0 Å². The molecule has 0 unspecified atom stereocenters. The quantitative estimate of drug-likeness (QED) is 0.554. The van der Waals surface area contributed by atoms with Crippen molar-refractivity contribution < 1.29 is 44.3 Å². The smallest absolute Gasteiger partial charge is 0.391 e. The Hall–Kier alpha value is -1.09. The maximum atomic E-state index is 13.1. The predicted molar refractivity (Wildman–Crippen MR) is 34.9 cm³/mol. The standard InChI is InChI=1S/C7H3F9O/c1-2-17-7(16)5(12,13)3(8,9)4(10,11)6(7,14)15/h2H,1H2. The van der Waals surface area contributed by atoms with Gasteiger partial charge in [-0.25, -0.2) is 0 Å². The van der Waals surface area contributed by atoms with Crippen molar-refractivity contribution in [2.75, 3.05) is 0 Å². The van der Waals surface area contributed by atoms with Crippen molar-refractivity contribution in [3.63, 3.8) is 0 Å². The summed E-state index contributed by atoms with van der Waals surface area (Å²) in [7, 11) is 0. The summed E-state index contributed by atoms with van der Waals surface area (Å²) in [5.74, 6) is -32.0. The van der Waals surface area contributed by atoms with E-state index in [0.29, 0.717) is 0 Å². The Morgan fingerprint density at radius 1 is 0.647 bits per heavy atom. The van der Waals surface area contributed by atoms with Gasteiger partial charge >= 0.3 is 29.5 Å². The van der Waals surface area contributed by atoms with E-state index in [1.54, 1.807) is 0 Å². The number of halogens is 9. The van der Waals surface area contributed by atoms with Crippen molar-refractivity contribution in [1.29, 1.82) is 0 Å². The van der Waals surface area contributed by atoms with Crippen LogP contribution in [0.5, 0.6) is 0 Å². The van der Waals surface area contributed by atoms with Crippen molar-refractivity contribution in [2.45, 2.75) is 29.5 Å². The second-order valence-corrected chi connectivity index (χ2v) is 3.18. The molecule has 0 spiro atoms. The average Bonchev–Trinajstić information content (AvgIpc) is 2.19. The van der Waals surface area contributed by atoms with Gasteiger partial charge in [0, 0.05) is 0 Å². The zero-order valence-corrected chi connectivity index (χ0v) is 7.59. The Bertz CT molecular complexity index is 321. The maximum Gasteiger partial charge on any atom is 0.391 e. The number of ether oxygens (including phenoxy) is 1. The van der Waals surface area contributed by atoms with E-state index in [0.717, 1.165) is 0 Å². The molecule has 0 aromatic rings. The van der Waals surface area contributed by atoms with Crippen LogP contribution in [-0.2, 0) is 4.74 Å². The minimum Gasteiger partial charge on any atom is -0.456 e. The van der Waals surface area contributed by atoms with E-state index in [1.165, 1.54) is 0 Å². The van der Waals surface area contributed by atoms with Crippen molar-refractivity contribution in [3.05, 3.63) is 12.8 Å².